The van der Waals surface area contributed by atoms with Crippen LogP contribution in [-0.2, 0) is 14.3 Å². The minimum atomic E-state index is -0.830. The first-order valence-corrected chi connectivity index (χ1v) is 6.12. The van der Waals surface area contributed by atoms with Gasteiger partial charge in [-0.05, 0) is 36.5 Å². The van der Waals surface area contributed by atoms with E-state index in [1.54, 1.807) is 0 Å². The highest BCUT2D eigenvalue weighted by atomic mass is 16.5. The van der Waals surface area contributed by atoms with Crippen molar-refractivity contribution in [3.63, 3.8) is 0 Å². The van der Waals surface area contributed by atoms with Crippen LogP contribution in [0.25, 0.3) is 0 Å². The maximum atomic E-state index is 11.3. The van der Waals surface area contributed by atoms with E-state index in [4.69, 9.17) is 5.11 Å². The molecule has 0 aromatic rings. The maximum Gasteiger partial charge on any atom is 0.305 e. The third-order valence-corrected chi connectivity index (χ3v) is 3.77. The lowest BCUT2D eigenvalue weighted by atomic mass is 9.82. The van der Waals surface area contributed by atoms with E-state index in [-0.39, 0.29) is 30.1 Å². The second-order valence-electron chi connectivity index (χ2n) is 5.81. The zero-order valence-electron chi connectivity index (χ0n) is 10.9. The molecule has 0 aromatic carbocycles. The fourth-order valence-electron chi connectivity index (χ4n) is 2.82. The van der Waals surface area contributed by atoms with E-state index in [0.717, 1.165) is 19.3 Å². The predicted octanol–water partition coefficient (Wildman–Crippen LogP) is 2.47. The molecule has 0 aromatic heterocycles. The average molecular weight is 242 g/mol. The molecule has 1 N–H and O–H groups in total. The number of hydrogen-bond acceptors (Lipinski definition) is 3. The topological polar surface area (TPSA) is 63.6 Å². The Balaban J connectivity index is 2.63. The quantitative estimate of drug-likeness (QED) is 0.752. The second-order valence-corrected chi connectivity index (χ2v) is 5.81. The van der Waals surface area contributed by atoms with Gasteiger partial charge in [-0.1, -0.05) is 13.8 Å². The Morgan fingerprint density at radius 2 is 2.06 bits per heavy atom. The number of hydrogen-bond donors (Lipinski definition) is 1. The van der Waals surface area contributed by atoms with Crippen molar-refractivity contribution >= 4 is 11.9 Å². The molecule has 1 fully saturated rings. The van der Waals surface area contributed by atoms with Gasteiger partial charge in [0, 0.05) is 12.8 Å². The number of carboxylic acid groups (broad SMARTS) is 1. The standard InChI is InChI=1S/C13H22O4/c1-13(2)5-4-9(8-13)10(6-11(14)15)7-12(16)17-3/h9-10H,4-8H2,1-3H3,(H,14,15). The van der Waals surface area contributed by atoms with Crippen molar-refractivity contribution in [2.24, 2.45) is 17.3 Å². The predicted molar refractivity (Wildman–Crippen MR) is 63.5 cm³/mol. The minimum Gasteiger partial charge on any atom is -0.481 e. The summed E-state index contributed by atoms with van der Waals surface area (Å²) in [7, 11) is 1.35. The molecule has 0 heterocycles. The summed E-state index contributed by atoms with van der Waals surface area (Å²) in [6.45, 7) is 4.39. The summed E-state index contributed by atoms with van der Waals surface area (Å²) in [5, 5.41) is 8.91. The van der Waals surface area contributed by atoms with E-state index in [1.165, 1.54) is 7.11 Å². The van der Waals surface area contributed by atoms with Crippen molar-refractivity contribution < 1.29 is 19.4 Å². The molecular formula is C13H22O4. The smallest absolute Gasteiger partial charge is 0.305 e. The molecule has 0 amide bonds. The van der Waals surface area contributed by atoms with Gasteiger partial charge in [-0.15, -0.1) is 0 Å². The fourth-order valence-corrected chi connectivity index (χ4v) is 2.82. The molecule has 1 rings (SSSR count). The van der Waals surface area contributed by atoms with E-state index >= 15 is 0 Å². The van der Waals surface area contributed by atoms with Crippen LogP contribution in [0.15, 0.2) is 0 Å². The van der Waals surface area contributed by atoms with E-state index < -0.39 is 5.97 Å². The summed E-state index contributed by atoms with van der Waals surface area (Å²) in [6, 6.07) is 0. The lowest BCUT2D eigenvalue weighted by Crippen LogP contribution is -2.21. The van der Waals surface area contributed by atoms with Crippen LogP contribution < -0.4 is 0 Å². The van der Waals surface area contributed by atoms with E-state index in [9.17, 15) is 9.59 Å². The molecule has 1 aliphatic rings. The van der Waals surface area contributed by atoms with Crippen LogP contribution in [0, 0.1) is 17.3 Å². The number of rotatable bonds is 5. The van der Waals surface area contributed by atoms with E-state index in [1.807, 2.05) is 0 Å². The first-order valence-electron chi connectivity index (χ1n) is 6.12. The molecule has 1 saturated carbocycles. The van der Waals surface area contributed by atoms with Gasteiger partial charge in [-0.2, -0.15) is 0 Å². The van der Waals surface area contributed by atoms with Crippen LogP contribution in [0.1, 0.15) is 46.0 Å². The number of methoxy groups -OCH3 is 1. The lowest BCUT2D eigenvalue weighted by molar-refractivity contribution is -0.143. The third kappa shape index (κ3) is 4.36. The summed E-state index contributed by atoms with van der Waals surface area (Å²) >= 11 is 0. The Bertz CT molecular complexity index is 296. The number of carbonyl (C=O) groups is 2. The van der Waals surface area contributed by atoms with Crippen LogP contribution in [0.2, 0.25) is 0 Å². The van der Waals surface area contributed by atoms with Gasteiger partial charge in [0.25, 0.3) is 0 Å². The Labute approximate surface area is 102 Å². The summed E-state index contributed by atoms with van der Waals surface area (Å²) < 4.78 is 4.64. The van der Waals surface area contributed by atoms with Gasteiger partial charge in [-0.3, -0.25) is 9.59 Å². The Morgan fingerprint density at radius 3 is 2.47 bits per heavy atom. The van der Waals surface area contributed by atoms with Gasteiger partial charge in [0.1, 0.15) is 0 Å². The molecule has 0 radical (unpaired) electrons. The lowest BCUT2D eigenvalue weighted by Gasteiger charge is -2.23. The molecule has 0 bridgehead atoms. The average Bonchev–Trinajstić information content (AvgIpc) is 2.57. The molecule has 0 spiro atoms. The fraction of sp³-hybridized carbons (Fsp3) is 0.846. The number of aliphatic carboxylic acids is 1. The second kappa shape index (κ2) is 5.52. The molecule has 0 aliphatic heterocycles. The van der Waals surface area contributed by atoms with Gasteiger partial charge in [0.05, 0.1) is 7.11 Å². The van der Waals surface area contributed by atoms with Crippen LogP contribution in [0.3, 0.4) is 0 Å². The van der Waals surface area contributed by atoms with Gasteiger partial charge in [-0.25, -0.2) is 0 Å². The van der Waals surface area contributed by atoms with Crippen molar-refractivity contribution in [3.8, 4) is 0 Å². The largest absolute Gasteiger partial charge is 0.481 e. The zero-order valence-corrected chi connectivity index (χ0v) is 10.9. The maximum absolute atomic E-state index is 11.3. The molecule has 1 aliphatic carbocycles. The molecule has 98 valence electrons. The third-order valence-electron chi connectivity index (χ3n) is 3.77. The normalized spacial score (nSPS) is 24.3. The monoisotopic (exact) mass is 242 g/mol. The van der Waals surface area contributed by atoms with Crippen molar-refractivity contribution in [2.45, 2.75) is 46.0 Å². The van der Waals surface area contributed by atoms with Gasteiger partial charge in [0.2, 0.25) is 0 Å². The summed E-state index contributed by atoms with van der Waals surface area (Å²) in [4.78, 5) is 22.2. The number of carbonyl (C=O) groups excluding carboxylic acids is 1. The van der Waals surface area contributed by atoms with Crippen LogP contribution in [0.4, 0.5) is 0 Å². The first-order chi connectivity index (χ1) is 7.84. The van der Waals surface area contributed by atoms with Gasteiger partial charge < -0.3 is 9.84 Å². The van der Waals surface area contributed by atoms with Crippen LogP contribution in [0.5, 0.6) is 0 Å². The summed E-state index contributed by atoms with van der Waals surface area (Å²) in [5.41, 5.74) is 0.275. The molecule has 2 unspecified atom stereocenters. The summed E-state index contributed by atoms with van der Waals surface area (Å²) in [5.74, 6) is -0.883. The first kappa shape index (κ1) is 14.0. The highest BCUT2D eigenvalue weighted by molar-refractivity contribution is 5.72. The van der Waals surface area contributed by atoms with Crippen molar-refractivity contribution in [2.75, 3.05) is 7.11 Å². The number of ether oxygens (including phenoxy) is 1. The van der Waals surface area contributed by atoms with Gasteiger partial charge in [0.15, 0.2) is 0 Å². The highest BCUT2D eigenvalue weighted by Gasteiger charge is 2.37. The summed E-state index contributed by atoms with van der Waals surface area (Å²) in [6.07, 6.45) is 3.41. The number of carboxylic acids is 1. The Morgan fingerprint density at radius 1 is 1.41 bits per heavy atom. The van der Waals surface area contributed by atoms with Crippen molar-refractivity contribution in [1.29, 1.82) is 0 Å². The molecular weight excluding hydrogens is 220 g/mol. The molecule has 17 heavy (non-hydrogen) atoms. The Hall–Kier alpha value is -1.06. The zero-order chi connectivity index (χ0) is 13.1. The minimum absolute atomic E-state index is 0.0653. The van der Waals surface area contributed by atoms with Crippen molar-refractivity contribution in [1.82, 2.24) is 0 Å². The van der Waals surface area contributed by atoms with Crippen molar-refractivity contribution in [3.05, 3.63) is 0 Å². The highest BCUT2D eigenvalue weighted by Crippen LogP contribution is 2.45. The molecule has 0 saturated heterocycles. The SMILES string of the molecule is COC(=O)CC(CC(=O)O)C1CCC(C)(C)C1. The number of esters is 1. The van der Waals surface area contributed by atoms with Crippen LogP contribution >= 0.6 is 0 Å². The van der Waals surface area contributed by atoms with Crippen LogP contribution in [-0.4, -0.2) is 24.2 Å². The van der Waals surface area contributed by atoms with Gasteiger partial charge >= 0.3 is 11.9 Å². The molecule has 2 atom stereocenters. The van der Waals surface area contributed by atoms with E-state index in [0.29, 0.717) is 5.92 Å². The molecule has 4 nitrogen and oxygen atoms in total. The van der Waals surface area contributed by atoms with E-state index in [2.05, 4.69) is 18.6 Å². The molecule has 4 heteroatoms. The Kier molecular flexibility index (Phi) is 4.54.